The van der Waals surface area contributed by atoms with E-state index in [1.54, 1.807) is 12.1 Å². The summed E-state index contributed by atoms with van der Waals surface area (Å²) in [4.78, 5) is 24.8. The van der Waals surface area contributed by atoms with Crippen LogP contribution in [0.25, 0.3) is 0 Å². The molecule has 2 aromatic carbocycles. The van der Waals surface area contributed by atoms with Crippen LogP contribution in [0.4, 0.5) is 5.69 Å². The van der Waals surface area contributed by atoms with Crippen LogP contribution in [-0.2, 0) is 10.0 Å². The number of nitro groups is 1. The second-order valence-corrected chi connectivity index (χ2v) is 9.36. The van der Waals surface area contributed by atoms with Gasteiger partial charge < -0.3 is 4.90 Å². The Bertz CT molecular complexity index is 1040. The van der Waals surface area contributed by atoms with E-state index >= 15 is 0 Å². The zero-order valence-electron chi connectivity index (χ0n) is 14.4. The minimum atomic E-state index is -3.69. The number of piperazine rings is 1. The Morgan fingerprint density at radius 1 is 1.11 bits per heavy atom. The van der Waals surface area contributed by atoms with E-state index in [0.717, 1.165) is 0 Å². The van der Waals surface area contributed by atoms with Gasteiger partial charge in [0.15, 0.2) is 0 Å². The number of benzene rings is 2. The van der Waals surface area contributed by atoms with Crippen molar-refractivity contribution in [3.05, 3.63) is 67.6 Å². The van der Waals surface area contributed by atoms with E-state index in [1.807, 2.05) is 0 Å². The summed E-state index contributed by atoms with van der Waals surface area (Å²) in [5, 5.41) is 11.4. The van der Waals surface area contributed by atoms with Gasteiger partial charge in [0.25, 0.3) is 11.6 Å². The highest BCUT2D eigenvalue weighted by Gasteiger charge is 2.32. The highest BCUT2D eigenvalue weighted by atomic mass is 79.9. The van der Waals surface area contributed by atoms with Gasteiger partial charge in [-0.05, 0) is 30.3 Å². The molecule has 0 atom stereocenters. The number of carbonyl (C=O) groups is 1. The van der Waals surface area contributed by atoms with Gasteiger partial charge in [0, 0.05) is 41.7 Å². The van der Waals surface area contributed by atoms with Gasteiger partial charge in [-0.1, -0.05) is 33.6 Å². The van der Waals surface area contributed by atoms with Crippen LogP contribution in [0.5, 0.6) is 0 Å². The molecule has 1 fully saturated rings. The van der Waals surface area contributed by atoms with Crippen LogP contribution in [0.1, 0.15) is 10.4 Å². The zero-order chi connectivity index (χ0) is 20.5. The number of halogens is 2. The minimum Gasteiger partial charge on any atom is -0.336 e. The number of nitrogens with zero attached hydrogens (tertiary/aromatic N) is 3. The number of hydrogen-bond donors (Lipinski definition) is 0. The minimum absolute atomic E-state index is 0.0922. The van der Waals surface area contributed by atoms with Crippen molar-refractivity contribution in [2.24, 2.45) is 0 Å². The predicted octanol–water partition coefficient (Wildman–Crippen LogP) is 3.16. The lowest BCUT2D eigenvalue weighted by Crippen LogP contribution is -2.50. The first-order valence-corrected chi connectivity index (χ1v) is 10.8. The number of carbonyl (C=O) groups excluding carboxylic acids is 1. The molecule has 0 N–H and O–H groups in total. The molecule has 0 radical (unpaired) electrons. The second kappa shape index (κ2) is 8.16. The number of amides is 1. The fourth-order valence-corrected chi connectivity index (χ4v) is 5.11. The number of nitro benzene ring substituents is 1. The third-order valence-corrected chi connectivity index (χ3v) is 6.97. The van der Waals surface area contributed by atoms with Gasteiger partial charge >= 0.3 is 0 Å². The molecule has 148 valence electrons. The van der Waals surface area contributed by atoms with E-state index in [2.05, 4.69) is 15.9 Å². The molecule has 1 amide bonds. The highest BCUT2D eigenvalue weighted by molar-refractivity contribution is 9.10. The molecule has 8 nitrogen and oxygen atoms in total. The monoisotopic (exact) mass is 487 g/mol. The van der Waals surface area contributed by atoms with E-state index in [-0.39, 0.29) is 47.3 Å². The first-order chi connectivity index (χ1) is 13.2. The van der Waals surface area contributed by atoms with Crippen LogP contribution in [0.15, 0.2) is 51.8 Å². The van der Waals surface area contributed by atoms with Gasteiger partial charge in [0.2, 0.25) is 10.0 Å². The van der Waals surface area contributed by atoms with Crippen molar-refractivity contribution in [1.29, 1.82) is 0 Å². The lowest BCUT2D eigenvalue weighted by molar-refractivity contribution is -0.385. The van der Waals surface area contributed by atoms with Crippen molar-refractivity contribution in [1.82, 2.24) is 9.21 Å². The molecule has 3 rings (SSSR count). The van der Waals surface area contributed by atoms with Gasteiger partial charge in [0.1, 0.15) is 5.56 Å². The summed E-state index contributed by atoms with van der Waals surface area (Å²) < 4.78 is 27.5. The van der Waals surface area contributed by atoms with E-state index < -0.39 is 20.9 Å². The molecular formula is C17H15BrClN3O5S. The van der Waals surface area contributed by atoms with Crippen LogP contribution in [0, 0.1) is 10.1 Å². The maximum absolute atomic E-state index is 12.8. The van der Waals surface area contributed by atoms with Crippen LogP contribution >= 0.6 is 27.5 Å². The van der Waals surface area contributed by atoms with Crippen LogP contribution in [-0.4, -0.2) is 54.6 Å². The Hall–Kier alpha value is -2.01. The second-order valence-electron chi connectivity index (χ2n) is 6.07. The summed E-state index contributed by atoms with van der Waals surface area (Å²) in [6.45, 7) is 0.426. The van der Waals surface area contributed by atoms with Crippen LogP contribution < -0.4 is 0 Å². The normalized spacial score (nSPS) is 15.4. The average Bonchev–Trinajstić information content (AvgIpc) is 2.67. The maximum Gasteiger partial charge on any atom is 0.282 e. The van der Waals surface area contributed by atoms with Gasteiger partial charge in [-0.3, -0.25) is 14.9 Å². The van der Waals surface area contributed by atoms with Gasteiger partial charge in [-0.25, -0.2) is 8.42 Å². The Morgan fingerprint density at radius 3 is 2.39 bits per heavy atom. The third kappa shape index (κ3) is 4.19. The molecule has 0 bridgehead atoms. The van der Waals surface area contributed by atoms with Crippen molar-refractivity contribution in [2.75, 3.05) is 26.2 Å². The zero-order valence-corrected chi connectivity index (χ0v) is 17.6. The van der Waals surface area contributed by atoms with Gasteiger partial charge in [-0.2, -0.15) is 4.31 Å². The van der Waals surface area contributed by atoms with Gasteiger partial charge in [-0.15, -0.1) is 0 Å². The van der Waals surface area contributed by atoms with Crippen LogP contribution in [0.2, 0.25) is 5.02 Å². The fourth-order valence-electron chi connectivity index (χ4n) is 2.92. The quantitative estimate of drug-likeness (QED) is 0.486. The van der Waals surface area contributed by atoms with E-state index in [0.29, 0.717) is 4.47 Å². The van der Waals surface area contributed by atoms with Crippen molar-refractivity contribution < 1.29 is 18.1 Å². The average molecular weight is 489 g/mol. The molecule has 1 aliphatic heterocycles. The molecule has 1 heterocycles. The summed E-state index contributed by atoms with van der Waals surface area (Å²) in [5.74, 6) is -0.547. The molecule has 2 aromatic rings. The van der Waals surface area contributed by atoms with Crippen molar-refractivity contribution in [3.8, 4) is 0 Å². The Morgan fingerprint density at radius 2 is 1.79 bits per heavy atom. The first-order valence-electron chi connectivity index (χ1n) is 8.19. The Balaban J connectivity index is 1.76. The first kappa shape index (κ1) is 20.7. The molecule has 0 aliphatic carbocycles. The molecule has 11 heteroatoms. The summed E-state index contributed by atoms with van der Waals surface area (Å²) in [6, 6.07) is 10.2. The molecule has 1 saturated heterocycles. The number of sulfonamides is 1. The highest BCUT2D eigenvalue weighted by Crippen LogP contribution is 2.26. The van der Waals surface area contributed by atoms with E-state index in [4.69, 9.17) is 11.6 Å². The number of hydrogen-bond acceptors (Lipinski definition) is 5. The molecule has 0 unspecified atom stereocenters. The van der Waals surface area contributed by atoms with Gasteiger partial charge in [0.05, 0.1) is 9.82 Å². The molecular weight excluding hydrogens is 474 g/mol. The lowest BCUT2D eigenvalue weighted by atomic mass is 10.1. The molecule has 0 spiro atoms. The smallest absolute Gasteiger partial charge is 0.282 e. The third-order valence-electron chi connectivity index (χ3n) is 4.35. The Kier molecular flexibility index (Phi) is 6.04. The van der Waals surface area contributed by atoms with E-state index in [9.17, 15) is 23.3 Å². The largest absolute Gasteiger partial charge is 0.336 e. The number of rotatable bonds is 4. The SMILES string of the molecule is O=C(c1cc(Cl)ccc1[N+](=O)[O-])N1CCN(S(=O)(=O)c2cccc(Br)c2)CC1. The molecule has 0 saturated carbocycles. The van der Waals surface area contributed by atoms with Crippen LogP contribution in [0.3, 0.4) is 0 Å². The van der Waals surface area contributed by atoms with Crippen molar-refractivity contribution in [2.45, 2.75) is 4.90 Å². The summed E-state index contributed by atoms with van der Waals surface area (Å²) in [7, 11) is -3.69. The van der Waals surface area contributed by atoms with E-state index in [1.165, 1.54) is 39.5 Å². The predicted molar refractivity (Wildman–Crippen MR) is 107 cm³/mol. The standard InChI is InChI=1S/C17H15BrClN3O5S/c18-12-2-1-3-14(10-12)28(26,27)21-8-6-20(7-9-21)17(23)15-11-13(19)4-5-16(15)22(24)25/h1-5,10-11H,6-9H2. The summed E-state index contributed by atoms with van der Waals surface area (Å²) in [6.07, 6.45) is 0. The summed E-state index contributed by atoms with van der Waals surface area (Å²) >= 11 is 9.14. The molecule has 1 aliphatic rings. The topological polar surface area (TPSA) is 101 Å². The summed E-state index contributed by atoms with van der Waals surface area (Å²) in [5.41, 5.74) is -0.445. The lowest BCUT2D eigenvalue weighted by Gasteiger charge is -2.34. The molecule has 0 aromatic heterocycles. The fraction of sp³-hybridized carbons (Fsp3) is 0.235. The Labute approximate surface area is 175 Å². The molecule has 28 heavy (non-hydrogen) atoms. The maximum atomic E-state index is 12.8. The van der Waals surface area contributed by atoms with Crippen molar-refractivity contribution in [3.63, 3.8) is 0 Å². The van der Waals surface area contributed by atoms with Crippen molar-refractivity contribution >= 4 is 49.1 Å².